The summed E-state index contributed by atoms with van der Waals surface area (Å²) in [5.74, 6) is -0.427. The molecule has 2 aromatic rings. The molecular formula is C14H18F3N5O. The highest BCUT2D eigenvalue weighted by molar-refractivity contribution is 5.76. The third-order valence-corrected chi connectivity index (χ3v) is 3.37. The number of alkyl halides is 3. The quantitative estimate of drug-likeness (QED) is 0.915. The topological polar surface area (TPSA) is 64.7 Å². The van der Waals surface area contributed by atoms with Crippen LogP contribution in [0.5, 0.6) is 0 Å². The van der Waals surface area contributed by atoms with Gasteiger partial charge in [-0.25, -0.2) is 0 Å². The molecule has 0 aliphatic heterocycles. The van der Waals surface area contributed by atoms with Gasteiger partial charge in [-0.05, 0) is 32.9 Å². The Labute approximate surface area is 131 Å². The van der Waals surface area contributed by atoms with Gasteiger partial charge in [0.05, 0.1) is 11.7 Å². The molecule has 23 heavy (non-hydrogen) atoms. The fourth-order valence-corrected chi connectivity index (χ4v) is 2.09. The number of nitrogens with zero attached hydrogens (tertiary/aromatic N) is 4. The molecule has 0 radical (unpaired) electrons. The minimum absolute atomic E-state index is 0.274. The maximum atomic E-state index is 12.6. The number of aromatic nitrogens is 4. The summed E-state index contributed by atoms with van der Waals surface area (Å²) in [4.78, 5) is 12.0. The predicted octanol–water partition coefficient (Wildman–Crippen LogP) is 2.30. The standard InChI is InChI=1S/C14H18F3N5O/c1-4-21-6-5-11(19-21)10(3)18-13(23)8-22-9(2)7-12(20-22)14(15,16)17/h5-7,10H,4,8H2,1-3H3,(H,18,23). The first-order valence-corrected chi connectivity index (χ1v) is 7.15. The average Bonchev–Trinajstić information content (AvgIpc) is 3.05. The molecule has 0 aliphatic rings. The third-order valence-electron chi connectivity index (χ3n) is 3.37. The molecule has 0 fully saturated rings. The Bertz CT molecular complexity index is 689. The second-order valence-electron chi connectivity index (χ2n) is 5.21. The second-order valence-corrected chi connectivity index (χ2v) is 5.21. The Hall–Kier alpha value is -2.32. The monoisotopic (exact) mass is 329 g/mol. The molecule has 126 valence electrons. The van der Waals surface area contributed by atoms with Gasteiger partial charge in [0.15, 0.2) is 5.69 Å². The number of hydrogen-bond acceptors (Lipinski definition) is 3. The largest absolute Gasteiger partial charge is 0.435 e. The zero-order valence-corrected chi connectivity index (χ0v) is 13.1. The Morgan fingerprint density at radius 2 is 2.09 bits per heavy atom. The van der Waals surface area contributed by atoms with Crippen molar-refractivity contribution in [3.63, 3.8) is 0 Å². The molecule has 0 saturated heterocycles. The van der Waals surface area contributed by atoms with Crippen LogP contribution in [0, 0.1) is 6.92 Å². The lowest BCUT2D eigenvalue weighted by Crippen LogP contribution is -2.31. The number of hydrogen-bond donors (Lipinski definition) is 1. The Balaban J connectivity index is 2.00. The van der Waals surface area contributed by atoms with E-state index in [4.69, 9.17) is 0 Å². The molecule has 0 saturated carbocycles. The minimum Gasteiger partial charge on any atom is -0.346 e. The molecule has 1 unspecified atom stereocenters. The van der Waals surface area contributed by atoms with E-state index in [1.807, 2.05) is 6.92 Å². The number of nitrogens with one attached hydrogen (secondary N) is 1. The average molecular weight is 329 g/mol. The van der Waals surface area contributed by atoms with Crippen molar-refractivity contribution in [2.45, 2.75) is 46.1 Å². The highest BCUT2D eigenvalue weighted by atomic mass is 19.4. The van der Waals surface area contributed by atoms with E-state index < -0.39 is 17.8 Å². The number of aryl methyl sites for hydroxylation is 2. The Kier molecular flexibility index (Phi) is 4.76. The van der Waals surface area contributed by atoms with E-state index in [9.17, 15) is 18.0 Å². The molecule has 2 heterocycles. The zero-order valence-electron chi connectivity index (χ0n) is 13.1. The number of rotatable bonds is 5. The molecule has 1 atom stereocenters. The summed E-state index contributed by atoms with van der Waals surface area (Å²) in [5.41, 5.74) is -0.0405. The highest BCUT2D eigenvalue weighted by Crippen LogP contribution is 2.28. The van der Waals surface area contributed by atoms with E-state index in [0.717, 1.165) is 10.7 Å². The van der Waals surface area contributed by atoms with E-state index in [-0.39, 0.29) is 18.3 Å². The molecule has 6 nitrogen and oxygen atoms in total. The van der Waals surface area contributed by atoms with Crippen molar-refractivity contribution in [1.82, 2.24) is 24.9 Å². The molecule has 9 heteroatoms. The van der Waals surface area contributed by atoms with Crippen molar-refractivity contribution in [3.05, 3.63) is 35.4 Å². The first-order chi connectivity index (χ1) is 10.7. The van der Waals surface area contributed by atoms with Gasteiger partial charge in [-0.15, -0.1) is 0 Å². The maximum absolute atomic E-state index is 12.6. The summed E-state index contributed by atoms with van der Waals surface area (Å²) in [6, 6.07) is 2.36. The minimum atomic E-state index is -4.52. The smallest absolute Gasteiger partial charge is 0.346 e. The Morgan fingerprint density at radius 1 is 1.39 bits per heavy atom. The van der Waals surface area contributed by atoms with Gasteiger partial charge in [-0.1, -0.05) is 0 Å². The van der Waals surface area contributed by atoms with Gasteiger partial charge in [-0.3, -0.25) is 14.2 Å². The Morgan fingerprint density at radius 3 is 2.61 bits per heavy atom. The van der Waals surface area contributed by atoms with Crippen LogP contribution in [0.1, 0.15) is 37.0 Å². The van der Waals surface area contributed by atoms with Gasteiger partial charge in [0.2, 0.25) is 5.91 Å². The van der Waals surface area contributed by atoms with E-state index in [0.29, 0.717) is 12.2 Å². The van der Waals surface area contributed by atoms with Gasteiger partial charge < -0.3 is 5.32 Å². The number of amides is 1. The fraction of sp³-hybridized carbons (Fsp3) is 0.500. The molecule has 1 amide bonds. The summed E-state index contributed by atoms with van der Waals surface area (Å²) in [5, 5.41) is 10.4. The van der Waals surface area contributed by atoms with E-state index >= 15 is 0 Å². The zero-order chi connectivity index (χ0) is 17.2. The van der Waals surface area contributed by atoms with E-state index in [2.05, 4.69) is 15.5 Å². The van der Waals surface area contributed by atoms with E-state index in [1.165, 1.54) is 6.92 Å². The molecule has 1 N–H and O–H groups in total. The van der Waals surface area contributed by atoms with Crippen LogP contribution in [0.15, 0.2) is 18.3 Å². The fourth-order valence-electron chi connectivity index (χ4n) is 2.09. The molecule has 0 spiro atoms. The first-order valence-electron chi connectivity index (χ1n) is 7.15. The predicted molar refractivity (Wildman–Crippen MR) is 76.4 cm³/mol. The second kappa shape index (κ2) is 6.43. The lowest BCUT2D eigenvalue weighted by Gasteiger charge is -2.12. The maximum Gasteiger partial charge on any atom is 0.435 e. The van der Waals surface area contributed by atoms with Crippen LogP contribution >= 0.6 is 0 Å². The summed E-state index contributed by atoms with van der Waals surface area (Å²) < 4.78 is 40.6. The normalized spacial score (nSPS) is 13.1. The van der Waals surface area contributed by atoms with Crippen LogP contribution in [0.25, 0.3) is 0 Å². The summed E-state index contributed by atoms with van der Waals surface area (Å²) in [7, 11) is 0. The van der Waals surface area contributed by atoms with Crippen LogP contribution in [0.3, 0.4) is 0 Å². The summed E-state index contributed by atoms with van der Waals surface area (Å²) in [6.07, 6.45) is -2.72. The van der Waals surface area contributed by atoms with Gasteiger partial charge >= 0.3 is 6.18 Å². The van der Waals surface area contributed by atoms with Gasteiger partial charge in [0.25, 0.3) is 0 Å². The number of carbonyl (C=O) groups excluding carboxylic acids is 1. The van der Waals surface area contributed by atoms with Crippen LogP contribution in [0.2, 0.25) is 0 Å². The van der Waals surface area contributed by atoms with Crippen LogP contribution in [0.4, 0.5) is 13.2 Å². The van der Waals surface area contributed by atoms with Crippen molar-refractivity contribution in [2.75, 3.05) is 0 Å². The highest BCUT2D eigenvalue weighted by Gasteiger charge is 2.34. The van der Waals surface area contributed by atoms with Crippen molar-refractivity contribution in [2.24, 2.45) is 0 Å². The summed E-state index contributed by atoms with van der Waals surface area (Å²) >= 11 is 0. The lowest BCUT2D eigenvalue weighted by atomic mass is 10.2. The van der Waals surface area contributed by atoms with Crippen molar-refractivity contribution < 1.29 is 18.0 Å². The molecule has 2 rings (SSSR count). The van der Waals surface area contributed by atoms with Crippen LogP contribution in [-0.4, -0.2) is 25.5 Å². The summed E-state index contributed by atoms with van der Waals surface area (Å²) in [6.45, 7) is 5.62. The van der Waals surface area contributed by atoms with Crippen LogP contribution in [-0.2, 0) is 24.1 Å². The van der Waals surface area contributed by atoms with Gasteiger partial charge in [0, 0.05) is 18.4 Å². The van der Waals surface area contributed by atoms with Crippen LogP contribution < -0.4 is 5.32 Å². The molecule has 0 aliphatic carbocycles. The molecule has 2 aromatic heterocycles. The molecule has 0 bridgehead atoms. The third kappa shape index (κ3) is 4.11. The SMILES string of the molecule is CCn1ccc(C(C)NC(=O)Cn2nc(C(F)(F)F)cc2C)n1. The van der Waals surface area contributed by atoms with Crippen molar-refractivity contribution in [1.29, 1.82) is 0 Å². The molecule has 0 aromatic carbocycles. The lowest BCUT2D eigenvalue weighted by molar-refractivity contribution is -0.141. The number of carbonyl (C=O) groups is 1. The van der Waals surface area contributed by atoms with Crippen molar-refractivity contribution in [3.8, 4) is 0 Å². The molecular weight excluding hydrogens is 311 g/mol. The van der Waals surface area contributed by atoms with Gasteiger partial charge in [-0.2, -0.15) is 23.4 Å². The first kappa shape index (κ1) is 17.0. The van der Waals surface area contributed by atoms with E-state index in [1.54, 1.807) is 23.9 Å². The van der Waals surface area contributed by atoms with Crippen molar-refractivity contribution >= 4 is 5.91 Å². The number of halogens is 3. The van der Waals surface area contributed by atoms with Gasteiger partial charge in [0.1, 0.15) is 6.54 Å².